The van der Waals surface area contributed by atoms with Crippen LogP contribution in [0, 0.1) is 0 Å². The topological polar surface area (TPSA) is 71.1 Å². The Hall–Kier alpha value is -2.69. The van der Waals surface area contributed by atoms with E-state index in [9.17, 15) is 9.59 Å². The van der Waals surface area contributed by atoms with E-state index in [2.05, 4.69) is 29.5 Å². The van der Waals surface area contributed by atoms with Crippen LogP contribution in [-0.2, 0) is 9.59 Å². The molecule has 0 bridgehead atoms. The van der Waals surface area contributed by atoms with Crippen molar-refractivity contribution in [3.8, 4) is 0 Å². The van der Waals surface area contributed by atoms with E-state index in [0.717, 1.165) is 0 Å². The first-order valence-electron chi connectivity index (χ1n) is 6.69. The number of anilines is 2. The lowest BCUT2D eigenvalue weighted by molar-refractivity contribution is -0.133. The van der Waals surface area contributed by atoms with Gasteiger partial charge in [0.05, 0.1) is 0 Å². The molecular formula is C16H17N3O2. The molecule has 2 N–H and O–H groups in total. The minimum atomic E-state index is -0.748. The summed E-state index contributed by atoms with van der Waals surface area (Å²) in [6.07, 6.45) is 1.54. The van der Waals surface area contributed by atoms with E-state index in [4.69, 9.17) is 0 Å². The van der Waals surface area contributed by atoms with Crippen molar-refractivity contribution in [3.63, 3.8) is 0 Å². The summed E-state index contributed by atoms with van der Waals surface area (Å²) in [6.45, 7) is 4.18. The summed E-state index contributed by atoms with van der Waals surface area (Å²) in [4.78, 5) is 27.4. The standard InChI is InChI=1S/C16H17N3O2/c1-11(2)12-6-8-13(9-7-12)18-15(20)16(21)19-14-5-3-4-10-17-14/h3-11H,1-2H3,(H,18,20)(H,17,19,21). The Morgan fingerprint density at radius 2 is 1.62 bits per heavy atom. The lowest BCUT2D eigenvalue weighted by atomic mass is 10.0. The maximum absolute atomic E-state index is 11.8. The summed E-state index contributed by atoms with van der Waals surface area (Å²) in [5, 5.41) is 4.98. The van der Waals surface area contributed by atoms with Crippen molar-refractivity contribution in [2.24, 2.45) is 0 Å². The van der Waals surface area contributed by atoms with Crippen LogP contribution in [0.4, 0.5) is 11.5 Å². The fourth-order valence-corrected chi connectivity index (χ4v) is 1.75. The fraction of sp³-hybridized carbons (Fsp3) is 0.188. The molecule has 108 valence electrons. The number of benzene rings is 1. The number of carbonyl (C=O) groups excluding carboxylic acids is 2. The number of aromatic nitrogens is 1. The van der Waals surface area contributed by atoms with E-state index < -0.39 is 11.8 Å². The second-order valence-electron chi connectivity index (χ2n) is 4.90. The highest BCUT2D eigenvalue weighted by molar-refractivity contribution is 6.43. The molecule has 1 aromatic heterocycles. The van der Waals surface area contributed by atoms with Crippen molar-refractivity contribution < 1.29 is 9.59 Å². The summed E-state index contributed by atoms with van der Waals surface area (Å²) < 4.78 is 0. The molecule has 5 nitrogen and oxygen atoms in total. The summed E-state index contributed by atoms with van der Waals surface area (Å²) in [5.74, 6) is -0.713. The maximum Gasteiger partial charge on any atom is 0.315 e. The molecule has 0 aliphatic carbocycles. The van der Waals surface area contributed by atoms with Gasteiger partial charge in [-0.15, -0.1) is 0 Å². The van der Waals surface area contributed by atoms with Crippen LogP contribution in [0.2, 0.25) is 0 Å². The summed E-state index contributed by atoms with van der Waals surface area (Å²) in [5.41, 5.74) is 1.76. The minimum Gasteiger partial charge on any atom is -0.318 e. The Labute approximate surface area is 123 Å². The van der Waals surface area contributed by atoms with Crippen LogP contribution in [0.3, 0.4) is 0 Å². The van der Waals surface area contributed by atoms with Gasteiger partial charge in [0.15, 0.2) is 0 Å². The molecule has 0 saturated carbocycles. The van der Waals surface area contributed by atoms with Gasteiger partial charge in [-0.05, 0) is 35.7 Å². The fourth-order valence-electron chi connectivity index (χ4n) is 1.75. The molecule has 0 aliphatic heterocycles. The SMILES string of the molecule is CC(C)c1ccc(NC(=O)C(=O)Nc2ccccn2)cc1. The molecule has 2 rings (SSSR count). The number of pyridine rings is 1. The van der Waals surface area contributed by atoms with Crippen molar-refractivity contribution in [1.29, 1.82) is 0 Å². The van der Waals surface area contributed by atoms with Gasteiger partial charge in [-0.1, -0.05) is 32.0 Å². The Morgan fingerprint density at radius 3 is 2.19 bits per heavy atom. The minimum absolute atomic E-state index is 0.341. The lowest BCUT2D eigenvalue weighted by Crippen LogP contribution is -2.29. The lowest BCUT2D eigenvalue weighted by Gasteiger charge is -2.08. The molecule has 0 saturated heterocycles. The molecule has 5 heteroatoms. The second-order valence-corrected chi connectivity index (χ2v) is 4.90. The molecule has 2 amide bonds. The molecule has 0 radical (unpaired) electrons. The monoisotopic (exact) mass is 283 g/mol. The van der Waals surface area contributed by atoms with Crippen molar-refractivity contribution in [2.45, 2.75) is 19.8 Å². The maximum atomic E-state index is 11.8. The van der Waals surface area contributed by atoms with Gasteiger partial charge in [0.1, 0.15) is 5.82 Å². The molecular weight excluding hydrogens is 266 g/mol. The van der Waals surface area contributed by atoms with Crippen molar-refractivity contribution in [1.82, 2.24) is 4.98 Å². The molecule has 0 unspecified atom stereocenters. The van der Waals surface area contributed by atoms with E-state index in [0.29, 0.717) is 17.4 Å². The highest BCUT2D eigenvalue weighted by atomic mass is 16.2. The first kappa shape index (κ1) is 14.7. The normalized spacial score (nSPS) is 10.2. The Kier molecular flexibility index (Phi) is 4.66. The van der Waals surface area contributed by atoms with Crippen molar-refractivity contribution >= 4 is 23.3 Å². The number of rotatable bonds is 3. The summed E-state index contributed by atoms with van der Waals surface area (Å²) in [7, 11) is 0. The molecule has 21 heavy (non-hydrogen) atoms. The van der Waals surface area contributed by atoms with Crippen LogP contribution in [0.15, 0.2) is 48.7 Å². The highest BCUT2D eigenvalue weighted by Crippen LogP contribution is 2.17. The van der Waals surface area contributed by atoms with Gasteiger partial charge >= 0.3 is 11.8 Å². The van der Waals surface area contributed by atoms with Gasteiger partial charge in [-0.3, -0.25) is 9.59 Å². The summed E-state index contributed by atoms with van der Waals surface area (Å²) >= 11 is 0. The van der Waals surface area contributed by atoms with Gasteiger partial charge < -0.3 is 10.6 Å². The van der Waals surface area contributed by atoms with E-state index in [1.165, 1.54) is 11.8 Å². The van der Waals surface area contributed by atoms with E-state index >= 15 is 0 Å². The molecule has 0 fully saturated rings. The second kappa shape index (κ2) is 6.65. The Bertz CT molecular complexity index is 622. The van der Waals surface area contributed by atoms with E-state index in [1.54, 1.807) is 30.3 Å². The van der Waals surface area contributed by atoms with Gasteiger partial charge in [0.25, 0.3) is 0 Å². The Balaban J connectivity index is 1.96. The van der Waals surface area contributed by atoms with Crippen LogP contribution in [0.25, 0.3) is 0 Å². The largest absolute Gasteiger partial charge is 0.318 e. The van der Waals surface area contributed by atoms with Crippen LogP contribution in [-0.4, -0.2) is 16.8 Å². The van der Waals surface area contributed by atoms with Gasteiger partial charge in [-0.2, -0.15) is 0 Å². The quantitative estimate of drug-likeness (QED) is 0.851. The highest BCUT2D eigenvalue weighted by Gasteiger charge is 2.14. The van der Waals surface area contributed by atoms with Crippen LogP contribution < -0.4 is 10.6 Å². The molecule has 2 aromatic rings. The number of hydrogen-bond acceptors (Lipinski definition) is 3. The van der Waals surface area contributed by atoms with Crippen molar-refractivity contribution in [2.75, 3.05) is 10.6 Å². The number of hydrogen-bond donors (Lipinski definition) is 2. The van der Waals surface area contributed by atoms with E-state index in [1.807, 2.05) is 12.1 Å². The molecule has 0 spiro atoms. The van der Waals surface area contributed by atoms with Crippen LogP contribution >= 0.6 is 0 Å². The third-order valence-electron chi connectivity index (χ3n) is 2.95. The predicted molar refractivity (Wildman–Crippen MR) is 82.0 cm³/mol. The molecule has 0 aliphatic rings. The number of nitrogens with one attached hydrogen (secondary N) is 2. The zero-order chi connectivity index (χ0) is 15.2. The third-order valence-corrected chi connectivity index (χ3v) is 2.95. The smallest absolute Gasteiger partial charge is 0.315 e. The molecule has 1 heterocycles. The average molecular weight is 283 g/mol. The zero-order valence-electron chi connectivity index (χ0n) is 12.0. The molecule has 1 aromatic carbocycles. The number of nitrogens with zero attached hydrogens (tertiary/aromatic N) is 1. The van der Waals surface area contributed by atoms with Gasteiger partial charge in [0.2, 0.25) is 0 Å². The average Bonchev–Trinajstić information content (AvgIpc) is 2.48. The van der Waals surface area contributed by atoms with Crippen LogP contribution in [0.1, 0.15) is 25.3 Å². The van der Waals surface area contributed by atoms with Crippen LogP contribution in [0.5, 0.6) is 0 Å². The third kappa shape index (κ3) is 4.14. The van der Waals surface area contributed by atoms with Gasteiger partial charge in [-0.25, -0.2) is 4.98 Å². The first-order chi connectivity index (χ1) is 10.1. The Morgan fingerprint density at radius 1 is 0.952 bits per heavy atom. The summed E-state index contributed by atoms with van der Waals surface area (Å²) in [6, 6.07) is 12.5. The van der Waals surface area contributed by atoms with E-state index in [-0.39, 0.29) is 0 Å². The zero-order valence-corrected chi connectivity index (χ0v) is 12.0. The van der Waals surface area contributed by atoms with Gasteiger partial charge in [0, 0.05) is 11.9 Å². The number of amides is 2. The first-order valence-corrected chi connectivity index (χ1v) is 6.69. The van der Waals surface area contributed by atoms with Crippen molar-refractivity contribution in [3.05, 3.63) is 54.2 Å². The number of carbonyl (C=O) groups is 2. The molecule has 0 atom stereocenters. The predicted octanol–water partition coefficient (Wildman–Crippen LogP) is 2.78.